The minimum atomic E-state index is -3.67. The monoisotopic (exact) mass is 482 g/mol. The lowest BCUT2D eigenvalue weighted by atomic mass is 9.93. The first-order valence-electron chi connectivity index (χ1n) is 10.2. The van der Waals surface area contributed by atoms with E-state index in [2.05, 4.69) is 14.7 Å². The van der Waals surface area contributed by atoms with Crippen LogP contribution < -0.4 is 4.72 Å². The van der Waals surface area contributed by atoms with Crippen LogP contribution in [0, 0.1) is 0 Å². The van der Waals surface area contributed by atoms with Gasteiger partial charge in [-0.05, 0) is 36.4 Å². The highest BCUT2D eigenvalue weighted by molar-refractivity contribution is 7.89. The lowest BCUT2D eigenvalue weighted by Crippen LogP contribution is -2.37. The zero-order valence-corrected chi connectivity index (χ0v) is 19.7. The highest BCUT2D eigenvalue weighted by Gasteiger charge is 2.29. The minimum absolute atomic E-state index is 0.0470. The number of nitrogens with one attached hydrogen (secondary N) is 2. The van der Waals surface area contributed by atoms with Gasteiger partial charge in [-0.15, -0.1) is 0 Å². The summed E-state index contributed by atoms with van der Waals surface area (Å²) in [6.07, 6.45) is 3.36. The Hall–Kier alpha value is -3.20. The number of pyridine rings is 1. The number of aromatic amines is 1. The number of hydrogen-bond acceptors (Lipinski definition) is 5. The summed E-state index contributed by atoms with van der Waals surface area (Å²) < 4.78 is 28.1. The Bertz CT molecular complexity index is 1370. The predicted octanol–water partition coefficient (Wildman–Crippen LogP) is 4.75. The molecule has 9 heteroatoms. The van der Waals surface area contributed by atoms with Crippen LogP contribution in [0.25, 0.3) is 22.5 Å². The molecule has 170 valence electrons. The average molecular weight is 483 g/mol. The van der Waals surface area contributed by atoms with E-state index in [4.69, 9.17) is 16.6 Å². The number of rotatable bonds is 7. The van der Waals surface area contributed by atoms with Gasteiger partial charge < -0.3 is 10.1 Å². The van der Waals surface area contributed by atoms with Gasteiger partial charge in [-0.1, -0.05) is 49.7 Å². The van der Waals surface area contributed by atoms with Gasteiger partial charge in [-0.2, -0.15) is 0 Å². The third-order valence-electron chi connectivity index (χ3n) is 5.29. The van der Waals surface area contributed by atoms with Crippen LogP contribution >= 0.6 is 11.6 Å². The molecule has 0 unspecified atom stereocenters. The average Bonchev–Trinajstić information content (AvgIpc) is 3.27. The summed E-state index contributed by atoms with van der Waals surface area (Å²) in [5.41, 5.74) is 2.20. The quantitative estimate of drug-likeness (QED) is 0.352. The molecule has 0 saturated carbocycles. The number of aromatic nitrogens is 3. The second-order valence-electron chi connectivity index (χ2n) is 8.23. The first-order valence-corrected chi connectivity index (χ1v) is 12.1. The van der Waals surface area contributed by atoms with Crippen molar-refractivity contribution in [3.63, 3.8) is 0 Å². The van der Waals surface area contributed by atoms with Crippen molar-refractivity contribution in [1.29, 1.82) is 0 Å². The lowest BCUT2D eigenvalue weighted by Gasteiger charge is -2.22. The highest BCUT2D eigenvalue weighted by atomic mass is 35.5. The number of nitrogens with zero attached hydrogens (tertiary/aromatic N) is 2. The molecule has 0 radical (unpaired) electrons. The van der Waals surface area contributed by atoms with Gasteiger partial charge in [0.25, 0.3) is 0 Å². The first-order chi connectivity index (χ1) is 15.7. The Kier molecular flexibility index (Phi) is 6.25. The number of hydrogen-bond donors (Lipinski definition) is 3. The maximum Gasteiger partial charge on any atom is 0.240 e. The molecular weight excluding hydrogens is 460 g/mol. The Balaban J connectivity index is 1.71. The third kappa shape index (κ3) is 4.93. The molecule has 0 aliphatic carbocycles. The van der Waals surface area contributed by atoms with E-state index in [0.29, 0.717) is 17.1 Å². The van der Waals surface area contributed by atoms with Crippen molar-refractivity contribution in [2.45, 2.75) is 24.2 Å². The number of sulfonamides is 1. The molecule has 0 fully saturated rings. The smallest absolute Gasteiger partial charge is 0.240 e. The Morgan fingerprint density at radius 3 is 2.39 bits per heavy atom. The molecule has 0 aliphatic heterocycles. The fraction of sp³-hybridized carbons (Fsp3) is 0.167. The molecule has 4 rings (SSSR count). The third-order valence-corrected chi connectivity index (χ3v) is 7.03. The summed E-state index contributed by atoms with van der Waals surface area (Å²) in [6, 6.07) is 16.9. The van der Waals surface area contributed by atoms with E-state index in [9.17, 15) is 13.5 Å². The molecule has 0 aliphatic rings. The summed E-state index contributed by atoms with van der Waals surface area (Å²) in [7, 11) is -3.67. The number of aromatic hydroxyl groups is 1. The van der Waals surface area contributed by atoms with Crippen LogP contribution in [-0.4, -0.2) is 35.0 Å². The molecular formula is C24H23ClN4O3S. The fourth-order valence-corrected chi connectivity index (χ4v) is 4.68. The number of phenolic OH excluding ortho intramolecular Hbond substituents is 1. The molecule has 0 bridgehead atoms. The van der Waals surface area contributed by atoms with Crippen LogP contribution in [0.2, 0.25) is 5.02 Å². The molecule has 33 heavy (non-hydrogen) atoms. The summed E-state index contributed by atoms with van der Waals surface area (Å²) >= 11 is 5.99. The largest absolute Gasteiger partial charge is 0.506 e. The number of benzene rings is 2. The summed E-state index contributed by atoms with van der Waals surface area (Å²) in [5, 5.41) is 10.4. The molecule has 0 atom stereocenters. The van der Waals surface area contributed by atoms with Crippen LogP contribution in [0.15, 0.2) is 78.0 Å². The normalized spacial score (nSPS) is 12.1. The molecule has 2 aromatic carbocycles. The maximum atomic E-state index is 12.7. The van der Waals surface area contributed by atoms with E-state index in [0.717, 1.165) is 11.3 Å². The van der Waals surface area contributed by atoms with Crippen molar-refractivity contribution < 1.29 is 13.5 Å². The number of phenols is 1. The zero-order chi connectivity index (χ0) is 23.6. The van der Waals surface area contributed by atoms with Crippen molar-refractivity contribution in [2.24, 2.45) is 0 Å². The molecule has 0 saturated heterocycles. The molecule has 0 amide bonds. The maximum absolute atomic E-state index is 12.7. The van der Waals surface area contributed by atoms with Crippen molar-refractivity contribution in [1.82, 2.24) is 19.7 Å². The predicted molar refractivity (Wildman–Crippen MR) is 129 cm³/mol. The Morgan fingerprint density at radius 2 is 1.73 bits per heavy atom. The second kappa shape index (κ2) is 8.97. The van der Waals surface area contributed by atoms with Gasteiger partial charge in [0.15, 0.2) is 0 Å². The Labute approximate surface area is 197 Å². The van der Waals surface area contributed by atoms with Gasteiger partial charge in [0.1, 0.15) is 11.6 Å². The van der Waals surface area contributed by atoms with E-state index in [1.165, 1.54) is 0 Å². The minimum Gasteiger partial charge on any atom is -0.506 e. The van der Waals surface area contributed by atoms with Gasteiger partial charge in [-0.3, -0.25) is 4.98 Å². The first kappa shape index (κ1) is 23.0. The standard InChI is InChI=1S/C24H23ClN4O3S/c1-24(2,15-27-33(31,32)18-6-4-3-5-7-18)23-28-21(16-10-12-26-13-11-16)22(29-23)17-8-9-19(25)20(30)14-17/h3-14,27,30H,15H2,1-2H3,(H,28,29). The summed E-state index contributed by atoms with van der Waals surface area (Å²) in [5.74, 6) is 0.545. The zero-order valence-electron chi connectivity index (χ0n) is 18.1. The van der Waals surface area contributed by atoms with Crippen LogP contribution in [0.3, 0.4) is 0 Å². The highest BCUT2D eigenvalue weighted by Crippen LogP contribution is 2.36. The van der Waals surface area contributed by atoms with Crippen LogP contribution in [0.4, 0.5) is 0 Å². The topological polar surface area (TPSA) is 108 Å². The molecule has 3 N–H and O–H groups in total. The summed E-state index contributed by atoms with van der Waals surface area (Å²) in [4.78, 5) is 12.4. The van der Waals surface area contributed by atoms with Crippen molar-refractivity contribution in [2.75, 3.05) is 6.54 Å². The fourth-order valence-electron chi connectivity index (χ4n) is 3.33. The molecule has 4 aromatic rings. The van der Waals surface area contributed by atoms with E-state index in [1.807, 2.05) is 26.0 Å². The van der Waals surface area contributed by atoms with Gasteiger partial charge in [-0.25, -0.2) is 18.1 Å². The lowest BCUT2D eigenvalue weighted by molar-refractivity contribution is 0.475. The summed E-state index contributed by atoms with van der Waals surface area (Å²) in [6.45, 7) is 3.93. The SMILES string of the molecule is CC(C)(CNS(=O)(=O)c1ccccc1)c1nc(-c2ccc(Cl)c(O)c2)c(-c2ccncc2)[nH]1. The van der Waals surface area contributed by atoms with Crippen molar-refractivity contribution >= 4 is 21.6 Å². The van der Waals surface area contributed by atoms with Gasteiger partial charge in [0.2, 0.25) is 10.0 Å². The van der Waals surface area contributed by atoms with Crippen molar-refractivity contribution in [3.8, 4) is 28.3 Å². The Morgan fingerprint density at radius 1 is 1.03 bits per heavy atom. The van der Waals surface area contributed by atoms with E-state index in [1.54, 1.807) is 60.9 Å². The molecule has 2 heterocycles. The number of imidazole rings is 1. The van der Waals surface area contributed by atoms with Gasteiger partial charge in [0.05, 0.1) is 21.3 Å². The second-order valence-corrected chi connectivity index (χ2v) is 10.4. The molecule has 0 spiro atoms. The van der Waals surface area contributed by atoms with Crippen LogP contribution in [-0.2, 0) is 15.4 Å². The van der Waals surface area contributed by atoms with Gasteiger partial charge in [0, 0.05) is 35.5 Å². The molecule has 7 nitrogen and oxygen atoms in total. The van der Waals surface area contributed by atoms with E-state index < -0.39 is 15.4 Å². The number of halogens is 1. The van der Waals surface area contributed by atoms with Crippen LogP contribution in [0.1, 0.15) is 19.7 Å². The van der Waals surface area contributed by atoms with Crippen molar-refractivity contribution in [3.05, 3.63) is 83.9 Å². The van der Waals surface area contributed by atoms with E-state index in [-0.39, 0.29) is 22.2 Å². The van der Waals surface area contributed by atoms with Crippen LogP contribution in [0.5, 0.6) is 5.75 Å². The molecule has 2 aromatic heterocycles. The van der Waals surface area contributed by atoms with E-state index >= 15 is 0 Å². The van der Waals surface area contributed by atoms with Gasteiger partial charge >= 0.3 is 0 Å². The number of H-pyrrole nitrogens is 1.